The predicted molar refractivity (Wildman–Crippen MR) is 90.3 cm³/mol. The summed E-state index contributed by atoms with van der Waals surface area (Å²) in [5.74, 6) is 0. The minimum Gasteiger partial charge on any atom is -0.348 e. The van der Waals surface area contributed by atoms with Gasteiger partial charge in [0, 0.05) is 24.3 Å². The lowest BCUT2D eigenvalue weighted by molar-refractivity contribution is 0.508. The van der Waals surface area contributed by atoms with Crippen LogP contribution in [0.1, 0.15) is 11.1 Å². The molecule has 0 aliphatic carbocycles. The average molecular weight is 305 g/mol. The quantitative estimate of drug-likeness (QED) is 0.842. The number of anilines is 1. The summed E-state index contributed by atoms with van der Waals surface area (Å²) in [6.07, 6.45) is 0. The van der Waals surface area contributed by atoms with Crippen molar-refractivity contribution >= 4 is 34.6 Å². The Hall–Kier alpha value is -1.58. The van der Waals surface area contributed by atoms with Gasteiger partial charge in [-0.15, -0.1) is 0 Å². The average Bonchev–Trinajstić information content (AvgIpc) is 2.44. The van der Waals surface area contributed by atoms with Crippen LogP contribution in [-0.4, -0.2) is 17.1 Å². The van der Waals surface area contributed by atoms with E-state index in [0.29, 0.717) is 10.1 Å². The summed E-state index contributed by atoms with van der Waals surface area (Å²) in [4.78, 5) is 2.00. The molecule has 0 saturated heterocycles. The highest BCUT2D eigenvalue weighted by Crippen LogP contribution is 2.20. The number of thiocarbonyl (C=S) groups is 1. The number of benzene rings is 2. The fraction of sp³-hybridized carbons (Fsp3) is 0.188. The van der Waals surface area contributed by atoms with E-state index in [1.54, 1.807) is 0 Å². The van der Waals surface area contributed by atoms with Gasteiger partial charge in [-0.2, -0.15) is 0 Å². The standard InChI is InChI=1S/C16H17ClN2S/c1-12-8-9-14(17)10-15(12)18-16(20)19(2)11-13-6-4-3-5-7-13/h3-10H,11H2,1-2H3,(H,18,20). The van der Waals surface area contributed by atoms with Crippen LogP contribution in [0.15, 0.2) is 48.5 Å². The molecule has 104 valence electrons. The van der Waals surface area contributed by atoms with Crippen molar-refractivity contribution in [2.24, 2.45) is 0 Å². The number of halogens is 1. The summed E-state index contributed by atoms with van der Waals surface area (Å²) < 4.78 is 0. The SMILES string of the molecule is Cc1ccc(Cl)cc1NC(=S)N(C)Cc1ccccc1. The summed E-state index contributed by atoms with van der Waals surface area (Å²) in [5, 5.41) is 4.62. The van der Waals surface area contributed by atoms with Crippen molar-refractivity contribution in [3.05, 3.63) is 64.7 Å². The number of hydrogen-bond donors (Lipinski definition) is 1. The molecule has 0 spiro atoms. The number of nitrogens with one attached hydrogen (secondary N) is 1. The minimum atomic E-state index is 0.680. The maximum Gasteiger partial charge on any atom is 0.173 e. The van der Waals surface area contributed by atoms with Gasteiger partial charge in [-0.05, 0) is 42.4 Å². The van der Waals surface area contributed by atoms with Gasteiger partial charge in [-0.3, -0.25) is 0 Å². The van der Waals surface area contributed by atoms with Gasteiger partial charge in [-0.25, -0.2) is 0 Å². The lowest BCUT2D eigenvalue weighted by Crippen LogP contribution is -2.30. The smallest absolute Gasteiger partial charge is 0.173 e. The summed E-state index contributed by atoms with van der Waals surface area (Å²) in [5.41, 5.74) is 3.29. The molecule has 0 aliphatic rings. The van der Waals surface area contributed by atoms with E-state index in [-0.39, 0.29) is 0 Å². The van der Waals surface area contributed by atoms with E-state index in [2.05, 4.69) is 17.4 Å². The zero-order valence-electron chi connectivity index (χ0n) is 11.6. The molecule has 1 N–H and O–H groups in total. The van der Waals surface area contributed by atoms with Crippen molar-refractivity contribution in [3.8, 4) is 0 Å². The summed E-state index contributed by atoms with van der Waals surface area (Å²) in [7, 11) is 1.97. The molecule has 0 radical (unpaired) electrons. The Labute approximate surface area is 130 Å². The molecule has 2 aromatic carbocycles. The van der Waals surface area contributed by atoms with Crippen LogP contribution in [0.4, 0.5) is 5.69 Å². The lowest BCUT2D eigenvalue weighted by Gasteiger charge is -2.22. The Morgan fingerprint density at radius 3 is 2.60 bits per heavy atom. The van der Waals surface area contributed by atoms with Gasteiger partial charge in [0.15, 0.2) is 5.11 Å². The van der Waals surface area contributed by atoms with Gasteiger partial charge >= 0.3 is 0 Å². The lowest BCUT2D eigenvalue weighted by atomic mass is 10.2. The molecule has 0 amide bonds. The van der Waals surface area contributed by atoms with Crippen molar-refractivity contribution in [1.82, 2.24) is 4.90 Å². The van der Waals surface area contributed by atoms with Gasteiger partial charge in [0.2, 0.25) is 0 Å². The van der Waals surface area contributed by atoms with E-state index >= 15 is 0 Å². The van der Waals surface area contributed by atoms with Crippen molar-refractivity contribution in [2.75, 3.05) is 12.4 Å². The number of nitrogens with zero attached hydrogens (tertiary/aromatic N) is 1. The molecular formula is C16H17ClN2S. The predicted octanol–water partition coefficient (Wildman–Crippen LogP) is 4.48. The Bertz CT molecular complexity index is 599. The zero-order valence-corrected chi connectivity index (χ0v) is 13.1. The first-order chi connectivity index (χ1) is 9.56. The Balaban J connectivity index is 2.02. The van der Waals surface area contributed by atoms with Gasteiger partial charge in [-0.1, -0.05) is 48.0 Å². The highest BCUT2D eigenvalue weighted by atomic mass is 35.5. The van der Waals surface area contributed by atoms with Crippen LogP contribution in [0, 0.1) is 6.92 Å². The van der Waals surface area contributed by atoms with Gasteiger partial charge in [0.1, 0.15) is 0 Å². The van der Waals surface area contributed by atoms with E-state index in [1.807, 2.05) is 55.3 Å². The molecule has 20 heavy (non-hydrogen) atoms. The number of rotatable bonds is 3. The molecule has 2 aromatic rings. The topological polar surface area (TPSA) is 15.3 Å². The van der Waals surface area contributed by atoms with Crippen molar-refractivity contribution in [2.45, 2.75) is 13.5 Å². The van der Waals surface area contributed by atoms with E-state index in [0.717, 1.165) is 17.8 Å². The van der Waals surface area contributed by atoms with Crippen molar-refractivity contribution in [1.29, 1.82) is 0 Å². The van der Waals surface area contributed by atoms with Crippen LogP contribution in [0.5, 0.6) is 0 Å². The summed E-state index contributed by atoms with van der Waals surface area (Å²) in [6, 6.07) is 16.0. The molecule has 0 bridgehead atoms. The van der Waals surface area contributed by atoms with E-state index < -0.39 is 0 Å². The van der Waals surface area contributed by atoms with E-state index in [1.165, 1.54) is 5.56 Å². The van der Waals surface area contributed by atoms with Gasteiger partial charge in [0.05, 0.1) is 0 Å². The maximum atomic E-state index is 6.01. The van der Waals surface area contributed by atoms with Crippen LogP contribution in [0.25, 0.3) is 0 Å². The fourth-order valence-electron chi connectivity index (χ4n) is 1.87. The highest BCUT2D eigenvalue weighted by molar-refractivity contribution is 7.80. The van der Waals surface area contributed by atoms with Gasteiger partial charge in [0.25, 0.3) is 0 Å². The Morgan fingerprint density at radius 1 is 1.20 bits per heavy atom. The Kier molecular flexibility index (Phi) is 4.99. The molecule has 2 rings (SSSR count). The number of aryl methyl sites for hydroxylation is 1. The normalized spacial score (nSPS) is 10.2. The van der Waals surface area contributed by atoms with Crippen LogP contribution in [-0.2, 0) is 6.54 Å². The highest BCUT2D eigenvalue weighted by Gasteiger charge is 2.07. The second-order valence-corrected chi connectivity index (χ2v) is 5.55. The van der Waals surface area contributed by atoms with Crippen LogP contribution in [0.3, 0.4) is 0 Å². The van der Waals surface area contributed by atoms with Crippen molar-refractivity contribution < 1.29 is 0 Å². The van der Waals surface area contributed by atoms with Crippen LogP contribution in [0.2, 0.25) is 5.02 Å². The fourth-order valence-corrected chi connectivity index (χ4v) is 2.22. The third kappa shape index (κ3) is 3.95. The van der Waals surface area contributed by atoms with Crippen molar-refractivity contribution in [3.63, 3.8) is 0 Å². The van der Waals surface area contributed by atoms with Crippen LogP contribution < -0.4 is 5.32 Å². The molecule has 0 saturated carbocycles. The zero-order chi connectivity index (χ0) is 14.5. The molecule has 0 heterocycles. The molecule has 0 aromatic heterocycles. The maximum absolute atomic E-state index is 6.01. The molecule has 0 unspecified atom stereocenters. The first kappa shape index (κ1) is 14.8. The molecule has 2 nitrogen and oxygen atoms in total. The summed E-state index contributed by atoms with van der Waals surface area (Å²) >= 11 is 11.4. The first-order valence-corrected chi connectivity index (χ1v) is 7.17. The van der Waals surface area contributed by atoms with Crippen LogP contribution >= 0.6 is 23.8 Å². The summed E-state index contributed by atoms with van der Waals surface area (Å²) in [6.45, 7) is 2.80. The first-order valence-electron chi connectivity index (χ1n) is 6.38. The molecule has 4 heteroatoms. The minimum absolute atomic E-state index is 0.680. The monoisotopic (exact) mass is 304 g/mol. The third-order valence-corrected chi connectivity index (χ3v) is 3.70. The molecule has 0 fully saturated rings. The van der Waals surface area contributed by atoms with E-state index in [4.69, 9.17) is 23.8 Å². The largest absolute Gasteiger partial charge is 0.348 e. The van der Waals surface area contributed by atoms with E-state index in [9.17, 15) is 0 Å². The Morgan fingerprint density at radius 2 is 1.90 bits per heavy atom. The molecule has 0 atom stereocenters. The third-order valence-electron chi connectivity index (χ3n) is 3.05. The molecular weight excluding hydrogens is 288 g/mol. The second-order valence-electron chi connectivity index (χ2n) is 4.73. The molecule has 0 aliphatic heterocycles. The number of hydrogen-bond acceptors (Lipinski definition) is 1. The van der Waals surface area contributed by atoms with Gasteiger partial charge < -0.3 is 10.2 Å². The second kappa shape index (κ2) is 6.73.